The molecule has 1 aromatic heterocycles. The van der Waals surface area contributed by atoms with Gasteiger partial charge in [0.05, 0.1) is 26.2 Å². The largest absolute Gasteiger partial charge is 0.542 e. The quantitative estimate of drug-likeness (QED) is 0.572. The van der Waals surface area contributed by atoms with Crippen LogP contribution < -0.4 is 15.7 Å². The summed E-state index contributed by atoms with van der Waals surface area (Å²) in [6, 6.07) is 12.9. The number of fused-ring (bicyclic) bond motifs is 1. The number of alkyl halides is 3. The second-order valence-electron chi connectivity index (χ2n) is 7.45. The van der Waals surface area contributed by atoms with E-state index in [9.17, 15) is 22.8 Å². The van der Waals surface area contributed by atoms with Crippen LogP contribution in [0.3, 0.4) is 0 Å². The van der Waals surface area contributed by atoms with Crippen LogP contribution in [0.1, 0.15) is 17.3 Å². The van der Waals surface area contributed by atoms with Crippen LogP contribution in [0.15, 0.2) is 47.0 Å². The molecule has 180 valence electrons. The number of aliphatic carboxylic acids is 1. The maximum Gasteiger partial charge on any atom is 0.430 e. The van der Waals surface area contributed by atoms with Gasteiger partial charge in [-0.25, -0.2) is 0 Å². The molecule has 12 heteroatoms. The number of nitrogens with zero attached hydrogens (tertiary/aromatic N) is 2. The van der Waals surface area contributed by atoms with Crippen molar-refractivity contribution >= 4 is 34.4 Å². The van der Waals surface area contributed by atoms with Gasteiger partial charge in [0.1, 0.15) is 11.5 Å². The average molecular weight is 478 g/mol. The Labute approximate surface area is 191 Å². The van der Waals surface area contributed by atoms with Gasteiger partial charge in [-0.15, -0.1) is 0 Å². The minimum atomic E-state index is -5.19. The maximum atomic E-state index is 12.7. The van der Waals surface area contributed by atoms with E-state index in [0.29, 0.717) is 16.8 Å². The van der Waals surface area contributed by atoms with Crippen LogP contribution in [0.25, 0.3) is 22.2 Å². The van der Waals surface area contributed by atoms with Gasteiger partial charge in [0.15, 0.2) is 5.76 Å². The van der Waals surface area contributed by atoms with Gasteiger partial charge in [0.25, 0.3) is 5.91 Å². The molecule has 2 amide bonds. The van der Waals surface area contributed by atoms with E-state index in [1.807, 2.05) is 41.3 Å². The third-order valence-electron chi connectivity index (χ3n) is 4.92. The standard InChI is InChI=1S/C20H20N4O3.C2HF3O2/c1-13(25)22-16-5-2-14(3-6-16)19-17-7-4-15(12-18(17)23-27-19)20(26)24-10-8-21-9-11-24;3-2(4,5)1(6)7/h2-7,12,21H,8-11H2,1H3,(H,22,25);(H,6,7). The highest BCUT2D eigenvalue weighted by molar-refractivity contribution is 6.00. The molecule has 3 aromatic rings. The Morgan fingerprint density at radius 2 is 1.71 bits per heavy atom. The molecule has 34 heavy (non-hydrogen) atoms. The first kappa shape index (κ1) is 24.7. The fraction of sp³-hybridized carbons (Fsp3) is 0.273. The first-order chi connectivity index (χ1) is 16.1. The predicted octanol–water partition coefficient (Wildman–Crippen LogP) is 0.771. The summed E-state index contributed by atoms with van der Waals surface area (Å²) in [6.07, 6.45) is -5.19. The van der Waals surface area contributed by atoms with E-state index in [-0.39, 0.29) is 11.8 Å². The lowest BCUT2D eigenvalue weighted by Crippen LogP contribution is -2.89. The molecule has 0 unspecified atom stereocenters. The number of benzene rings is 2. The Kier molecular flexibility index (Phi) is 7.51. The zero-order valence-electron chi connectivity index (χ0n) is 18.0. The summed E-state index contributed by atoms with van der Waals surface area (Å²) < 4.78 is 37.1. The second-order valence-corrected chi connectivity index (χ2v) is 7.45. The van der Waals surface area contributed by atoms with Gasteiger partial charge in [-0.3, -0.25) is 9.59 Å². The van der Waals surface area contributed by atoms with Crippen molar-refractivity contribution in [1.82, 2.24) is 10.1 Å². The molecule has 3 N–H and O–H groups in total. The molecule has 2 aromatic carbocycles. The summed E-state index contributed by atoms with van der Waals surface area (Å²) in [5, 5.41) is 18.7. The number of carboxylic acid groups (broad SMARTS) is 1. The lowest BCUT2D eigenvalue weighted by Gasteiger charge is -2.25. The zero-order chi connectivity index (χ0) is 24.9. The number of rotatable bonds is 3. The topological polar surface area (TPSA) is 132 Å². The molecule has 9 nitrogen and oxygen atoms in total. The number of aromatic nitrogens is 1. The average Bonchev–Trinajstić information content (AvgIpc) is 3.22. The summed E-state index contributed by atoms with van der Waals surface area (Å²) in [4.78, 5) is 34.5. The second kappa shape index (κ2) is 10.3. The number of anilines is 1. The molecule has 1 fully saturated rings. The van der Waals surface area contributed by atoms with Gasteiger partial charge in [-0.2, -0.15) is 13.2 Å². The molecule has 0 atom stereocenters. The van der Waals surface area contributed by atoms with Crippen molar-refractivity contribution in [1.29, 1.82) is 0 Å². The number of hydrogen-bond acceptors (Lipinski definition) is 6. The van der Waals surface area contributed by atoms with Crippen molar-refractivity contribution in [2.24, 2.45) is 0 Å². The van der Waals surface area contributed by atoms with Crippen molar-refractivity contribution in [2.75, 3.05) is 31.5 Å². The maximum absolute atomic E-state index is 12.7. The summed E-state index contributed by atoms with van der Waals surface area (Å²) in [6.45, 7) is 4.88. The third-order valence-corrected chi connectivity index (χ3v) is 4.92. The Morgan fingerprint density at radius 1 is 1.09 bits per heavy atom. The highest BCUT2D eigenvalue weighted by Gasteiger charge is 2.28. The van der Waals surface area contributed by atoms with Crippen LogP contribution in [0.5, 0.6) is 0 Å². The molecule has 1 aliphatic rings. The normalized spacial score (nSPS) is 13.7. The van der Waals surface area contributed by atoms with Gasteiger partial charge in [0, 0.05) is 29.1 Å². The number of amides is 2. The molecule has 0 radical (unpaired) electrons. The molecular weight excluding hydrogens is 457 g/mol. The Bertz CT molecular complexity index is 1190. The molecule has 0 spiro atoms. The monoisotopic (exact) mass is 478 g/mol. The van der Waals surface area contributed by atoms with Crippen molar-refractivity contribution < 1.29 is 42.5 Å². The van der Waals surface area contributed by atoms with Crippen LogP contribution in [0, 0.1) is 0 Å². The van der Waals surface area contributed by atoms with Crippen molar-refractivity contribution in [2.45, 2.75) is 13.1 Å². The third kappa shape index (κ3) is 6.10. The number of carbonyl (C=O) groups excluding carboxylic acids is 3. The van der Waals surface area contributed by atoms with Gasteiger partial charge in [-0.05, 0) is 42.5 Å². The minimum Gasteiger partial charge on any atom is -0.542 e. The first-order valence-corrected chi connectivity index (χ1v) is 10.2. The molecule has 1 saturated heterocycles. The molecule has 0 saturated carbocycles. The highest BCUT2D eigenvalue weighted by Crippen LogP contribution is 2.30. The molecule has 0 bridgehead atoms. The SMILES string of the molecule is CC(=O)Nc1ccc(-c2onc3cc(C(=O)N4CC[NH2+]CC4)ccc23)cc1.O=C([O-])C(F)(F)F. The van der Waals surface area contributed by atoms with Gasteiger partial charge in [-0.1, -0.05) is 5.16 Å². The van der Waals surface area contributed by atoms with Crippen LogP contribution in [0.2, 0.25) is 0 Å². The van der Waals surface area contributed by atoms with E-state index in [1.165, 1.54) is 6.92 Å². The van der Waals surface area contributed by atoms with Crippen molar-refractivity contribution in [3.05, 3.63) is 48.0 Å². The van der Waals surface area contributed by atoms with E-state index < -0.39 is 12.1 Å². The van der Waals surface area contributed by atoms with E-state index in [1.54, 1.807) is 6.07 Å². The molecule has 4 rings (SSSR count). The van der Waals surface area contributed by atoms with Crippen molar-refractivity contribution in [3.8, 4) is 11.3 Å². The Balaban J connectivity index is 0.000000406. The molecule has 0 aliphatic carbocycles. The summed E-state index contributed by atoms with van der Waals surface area (Å²) in [7, 11) is 0. The van der Waals surface area contributed by atoms with Gasteiger partial charge >= 0.3 is 6.18 Å². The minimum absolute atomic E-state index is 0.0363. The number of nitrogens with one attached hydrogen (secondary N) is 1. The number of halogens is 3. The van der Waals surface area contributed by atoms with E-state index >= 15 is 0 Å². The summed E-state index contributed by atoms with van der Waals surface area (Å²) in [5.74, 6) is -2.44. The lowest BCUT2D eigenvalue weighted by atomic mass is 10.1. The van der Waals surface area contributed by atoms with E-state index in [4.69, 9.17) is 14.4 Å². The highest BCUT2D eigenvalue weighted by atomic mass is 19.4. The fourth-order valence-corrected chi connectivity index (χ4v) is 3.33. The van der Waals surface area contributed by atoms with Crippen LogP contribution in [0.4, 0.5) is 18.9 Å². The molecule has 1 aliphatic heterocycles. The van der Waals surface area contributed by atoms with Crippen LogP contribution >= 0.6 is 0 Å². The smallest absolute Gasteiger partial charge is 0.430 e. The lowest BCUT2D eigenvalue weighted by molar-refractivity contribution is -0.661. The van der Waals surface area contributed by atoms with E-state index in [2.05, 4.69) is 15.8 Å². The van der Waals surface area contributed by atoms with Crippen LogP contribution in [-0.4, -0.2) is 60.2 Å². The first-order valence-electron chi connectivity index (χ1n) is 10.2. The Morgan fingerprint density at radius 3 is 2.26 bits per heavy atom. The van der Waals surface area contributed by atoms with Crippen LogP contribution in [-0.2, 0) is 9.59 Å². The van der Waals surface area contributed by atoms with Crippen molar-refractivity contribution in [3.63, 3.8) is 0 Å². The van der Waals surface area contributed by atoms with Gasteiger partial charge < -0.3 is 30.0 Å². The zero-order valence-corrected chi connectivity index (χ0v) is 18.0. The van der Waals surface area contributed by atoms with E-state index in [0.717, 1.165) is 42.8 Å². The summed E-state index contributed by atoms with van der Waals surface area (Å²) in [5.41, 5.74) is 2.87. The predicted molar refractivity (Wildman–Crippen MR) is 112 cm³/mol. The number of carboxylic acids is 1. The number of hydrogen-bond donors (Lipinski definition) is 2. The number of quaternary nitrogens is 1. The number of piperazine rings is 1. The van der Waals surface area contributed by atoms with Gasteiger partial charge in [0.2, 0.25) is 5.91 Å². The fourth-order valence-electron chi connectivity index (χ4n) is 3.33. The Hall–Kier alpha value is -3.93. The summed E-state index contributed by atoms with van der Waals surface area (Å²) >= 11 is 0. The number of nitrogens with two attached hydrogens (primary N) is 1. The molecule has 2 heterocycles. The molecular formula is C22H21F3N4O5. The number of carbonyl (C=O) groups is 3.